The smallest absolute Gasteiger partial charge is 0.257 e. The van der Waals surface area contributed by atoms with Gasteiger partial charge in [0.25, 0.3) is 5.89 Å². The number of likely N-dealkylation sites (tertiary alicyclic amines) is 1. The maximum atomic E-state index is 13.0. The second-order valence-corrected chi connectivity index (χ2v) is 9.15. The van der Waals surface area contributed by atoms with Gasteiger partial charge < -0.3 is 9.32 Å². The summed E-state index contributed by atoms with van der Waals surface area (Å²) in [5.74, 6) is 1.86. The van der Waals surface area contributed by atoms with Crippen molar-refractivity contribution in [3.63, 3.8) is 0 Å². The van der Waals surface area contributed by atoms with Crippen LogP contribution in [0.4, 0.5) is 0 Å². The molecule has 31 heavy (non-hydrogen) atoms. The number of hydrogen-bond donors (Lipinski definition) is 0. The Labute approximate surface area is 187 Å². The topological polar surface area (TPSA) is 62.5 Å². The van der Waals surface area contributed by atoms with Crippen LogP contribution < -0.4 is 0 Å². The van der Waals surface area contributed by atoms with Crippen molar-refractivity contribution < 1.29 is 9.21 Å². The van der Waals surface area contributed by atoms with E-state index in [0.717, 1.165) is 43.6 Å². The summed E-state index contributed by atoms with van der Waals surface area (Å²) in [5.41, 5.74) is 1.41. The summed E-state index contributed by atoms with van der Waals surface area (Å²) in [4.78, 5) is 18.1. The molecule has 0 aliphatic carbocycles. The molecule has 0 saturated carbocycles. The fraction of sp³-hybridized carbons (Fsp3) is 0.458. The number of nitrogens with zero attached hydrogens (tertiary/aromatic N) is 4. The zero-order valence-electron chi connectivity index (χ0n) is 18.1. The SMILES string of the molecule is CCCN(Cc1nnc(-c2cccs2)o1)C(=O)CN1CCC(Cc2ccccc2)CC1. The number of aromatic nitrogens is 2. The number of hydrogen-bond acceptors (Lipinski definition) is 6. The van der Waals surface area contributed by atoms with Crippen LogP contribution in [0.15, 0.2) is 52.3 Å². The quantitative estimate of drug-likeness (QED) is 0.493. The summed E-state index contributed by atoms with van der Waals surface area (Å²) in [6.07, 6.45) is 4.32. The Hall–Kier alpha value is -2.51. The molecule has 0 atom stereocenters. The van der Waals surface area contributed by atoms with Crippen LogP contribution in [0.3, 0.4) is 0 Å². The number of carbonyl (C=O) groups is 1. The minimum absolute atomic E-state index is 0.138. The minimum Gasteiger partial charge on any atom is -0.418 e. The number of thiophene rings is 1. The van der Waals surface area contributed by atoms with Crippen LogP contribution in [0.5, 0.6) is 0 Å². The largest absolute Gasteiger partial charge is 0.418 e. The molecule has 1 aliphatic rings. The molecule has 0 radical (unpaired) electrons. The highest BCUT2D eigenvalue weighted by atomic mass is 32.1. The number of carbonyl (C=O) groups excluding carboxylic acids is 1. The van der Waals surface area contributed by atoms with Crippen LogP contribution in [-0.2, 0) is 17.8 Å². The number of amides is 1. The van der Waals surface area contributed by atoms with E-state index in [2.05, 4.69) is 52.4 Å². The summed E-state index contributed by atoms with van der Waals surface area (Å²) in [5, 5.41) is 10.3. The van der Waals surface area contributed by atoms with Gasteiger partial charge in [-0.3, -0.25) is 9.69 Å². The second-order valence-electron chi connectivity index (χ2n) is 8.20. The molecule has 3 aromatic rings. The highest BCUT2D eigenvalue weighted by Gasteiger charge is 2.24. The Kier molecular flexibility index (Phi) is 7.48. The maximum absolute atomic E-state index is 13.0. The first kappa shape index (κ1) is 21.7. The third kappa shape index (κ3) is 6.02. The number of benzene rings is 1. The van der Waals surface area contributed by atoms with Gasteiger partial charge in [0.15, 0.2) is 0 Å². The molecular weight excluding hydrogens is 408 g/mol. The molecule has 1 fully saturated rings. The molecule has 0 bridgehead atoms. The molecule has 0 spiro atoms. The Bertz CT molecular complexity index is 934. The van der Waals surface area contributed by atoms with E-state index in [9.17, 15) is 4.79 Å². The summed E-state index contributed by atoms with van der Waals surface area (Å²) >= 11 is 1.57. The molecule has 1 aromatic carbocycles. The van der Waals surface area contributed by atoms with Crippen LogP contribution in [-0.4, -0.2) is 52.1 Å². The van der Waals surface area contributed by atoms with E-state index in [1.54, 1.807) is 11.3 Å². The molecule has 164 valence electrons. The van der Waals surface area contributed by atoms with E-state index < -0.39 is 0 Å². The van der Waals surface area contributed by atoms with Crippen LogP contribution in [0, 0.1) is 5.92 Å². The lowest BCUT2D eigenvalue weighted by atomic mass is 9.90. The normalized spacial score (nSPS) is 15.3. The van der Waals surface area contributed by atoms with Gasteiger partial charge in [0.1, 0.15) is 0 Å². The first-order chi connectivity index (χ1) is 15.2. The number of rotatable bonds is 9. The lowest BCUT2D eigenvalue weighted by molar-refractivity contribution is -0.133. The Balaban J connectivity index is 1.28. The van der Waals surface area contributed by atoms with Gasteiger partial charge in [-0.2, -0.15) is 0 Å². The van der Waals surface area contributed by atoms with Crippen molar-refractivity contribution in [3.05, 3.63) is 59.3 Å². The van der Waals surface area contributed by atoms with E-state index in [1.165, 1.54) is 5.56 Å². The zero-order valence-corrected chi connectivity index (χ0v) is 18.9. The fourth-order valence-corrected chi connectivity index (χ4v) is 4.77. The van der Waals surface area contributed by atoms with Crippen molar-refractivity contribution in [2.45, 2.75) is 39.2 Å². The number of piperidine rings is 1. The van der Waals surface area contributed by atoms with E-state index in [-0.39, 0.29) is 5.91 Å². The van der Waals surface area contributed by atoms with Crippen LogP contribution in [0.2, 0.25) is 0 Å². The van der Waals surface area contributed by atoms with Gasteiger partial charge in [-0.1, -0.05) is 43.3 Å². The van der Waals surface area contributed by atoms with E-state index in [1.807, 2.05) is 22.4 Å². The van der Waals surface area contributed by atoms with Crippen molar-refractivity contribution in [1.29, 1.82) is 0 Å². The zero-order chi connectivity index (χ0) is 21.5. The van der Waals surface area contributed by atoms with Crippen LogP contribution in [0.1, 0.15) is 37.6 Å². The van der Waals surface area contributed by atoms with Gasteiger partial charge in [-0.15, -0.1) is 21.5 Å². The predicted molar refractivity (Wildman–Crippen MR) is 123 cm³/mol. The predicted octanol–water partition coefficient (Wildman–Crippen LogP) is 4.49. The highest BCUT2D eigenvalue weighted by Crippen LogP contribution is 2.24. The molecule has 6 nitrogen and oxygen atoms in total. The molecule has 1 saturated heterocycles. The lowest BCUT2D eigenvalue weighted by Gasteiger charge is -2.33. The summed E-state index contributed by atoms with van der Waals surface area (Å²) < 4.78 is 5.80. The molecular formula is C24H30N4O2S. The monoisotopic (exact) mass is 438 g/mol. The van der Waals surface area contributed by atoms with Gasteiger partial charge in [-0.05, 0) is 61.7 Å². The molecule has 4 rings (SSSR count). The standard InChI is InChI=1S/C24H30N4O2S/c1-2-12-28(17-22-25-26-24(30-22)21-9-6-15-31-21)23(29)18-27-13-10-20(11-14-27)16-19-7-4-3-5-8-19/h3-9,15,20H,2,10-14,16-18H2,1H3. The van der Waals surface area contributed by atoms with Gasteiger partial charge in [0.2, 0.25) is 11.8 Å². The maximum Gasteiger partial charge on any atom is 0.257 e. The molecule has 2 aromatic heterocycles. The van der Waals surface area contributed by atoms with Crippen molar-refractivity contribution in [2.75, 3.05) is 26.2 Å². The average Bonchev–Trinajstić information content (AvgIpc) is 3.47. The van der Waals surface area contributed by atoms with Gasteiger partial charge in [-0.25, -0.2) is 0 Å². The molecule has 1 aliphatic heterocycles. The molecule has 0 unspecified atom stereocenters. The third-order valence-corrected chi connectivity index (χ3v) is 6.66. The molecule has 1 amide bonds. The first-order valence-corrected chi connectivity index (χ1v) is 12.0. The van der Waals surface area contributed by atoms with E-state index in [4.69, 9.17) is 4.42 Å². The van der Waals surface area contributed by atoms with Crippen LogP contribution in [0.25, 0.3) is 10.8 Å². The van der Waals surface area contributed by atoms with E-state index in [0.29, 0.717) is 37.3 Å². The summed E-state index contributed by atoms with van der Waals surface area (Å²) in [6.45, 7) is 5.57. The van der Waals surface area contributed by atoms with Gasteiger partial charge >= 0.3 is 0 Å². The van der Waals surface area contributed by atoms with Crippen LogP contribution >= 0.6 is 11.3 Å². The summed E-state index contributed by atoms with van der Waals surface area (Å²) in [6, 6.07) is 14.6. The Morgan fingerprint density at radius 3 is 2.68 bits per heavy atom. The average molecular weight is 439 g/mol. The molecule has 7 heteroatoms. The third-order valence-electron chi connectivity index (χ3n) is 5.80. The van der Waals surface area contributed by atoms with E-state index >= 15 is 0 Å². The van der Waals surface area contributed by atoms with Crippen molar-refractivity contribution in [1.82, 2.24) is 20.0 Å². The van der Waals surface area contributed by atoms with Crippen molar-refractivity contribution >= 4 is 17.2 Å². The highest BCUT2D eigenvalue weighted by molar-refractivity contribution is 7.13. The molecule has 0 N–H and O–H groups in total. The molecule has 3 heterocycles. The second kappa shape index (κ2) is 10.7. The summed E-state index contributed by atoms with van der Waals surface area (Å²) in [7, 11) is 0. The van der Waals surface area contributed by atoms with Crippen molar-refractivity contribution in [2.24, 2.45) is 5.92 Å². The fourth-order valence-electron chi connectivity index (χ4n) is 4.13. The Morgan fingerprint density at radius 1 is 1.16 bits per heavy atom. The minimum atomic E-state index is 0.138. The first-order valence-electron chi connectivity index (χ1n) is 11.1. The van der Waals surface area contributed by atoms with Gasteiger partial charge in [0, 0.05) is 6.54 Å². The van der Waals surface area contributed by atoms with Crippen molar-refractivity contribution in [3.8, 4) is 10.8 Å². The Morgan fingerprint density at radius 2 is 1.97 bits per heavy atom. The van der Waals surface area contributed by atoms with Gasteiger partial charge in [0.05, 0.1) is 18.0 Å². The lowest BCUT2D eigenvalue weighted by Crippen LogP contribution is -2.43.